The molecule has 1 N–H and O–H groups in total. The molecule has 0 aliphatic heterocycles. The monoisotopic (exact) mass is 319 g/mol. The SMILES string of the molecule is COc1cc(CNC2=CC(=O)CC(C)(C)C2)cc(OC)c1OC. The van der Waals surface area contributed by atoms with Gasteiger partial charge in [-0.1, -0.05) is 13.8 Å². The summed E-state index contributed by atoms with van der Waals surface area (Å²) >= 11 is 0. The summed E-state index contributed by atoms with van der Waals surface area (Å²) in [4.78, 5) is 11.8. The molecule has 1 aliphatic carbocycles. The highest BCUT2D eigenvalue weighted by Crippen LogP contribution is 2.38. The summed E-state index contributed by atoms with van der Waals surface area (Å²) in [6, 6.07) is 3.81. The molecule has 0 aromatic heterocycles. The van der Waals surface area contributed by atoms with Crippen LogP contribution in [0.5, 0.6) is 17.2 Å². The molecule has 0 bridgehead atoms. The van der Waals surface area contributed by atoms with Gasteiger partial charge >= 0.3 is 0 Å². The fourth-order valence-electron chi connectivity index (χ4n) is 2.91. The van der Waals surface area contributed by atoms with Crippen LogP contribution in [0.2, 0.25) is 0 Å². The van der Waals surface area contributed by atoms with Crippen molar-refractivity contribution in [1.82, 2.24) is 5.32 Å². The second kappa shape index (κ2) is 6.94. The van der Waals surface area contributed by atoms with E-state index in [1.165, 1.54) is 0 Å². The Balaban J connectivity index is 2.16. The molecule has 0 unspecified atom stereocenters. The summed E-state index contributed by atoms with van der Waals surface area (Å²) in [5.74, 6) is 2.00. The molecule has 23 heavy (non-hydrogen) atoms. The van der Waals surface area contributed by atoms with E-state index in [2.05, 4.69) is 19.2 Å². The van der Waals surface area contributed by atoms with Crippen LogP contribution in [0.25, 0.3) is 0 Å². The minimum Gasteiger partial charge on any atom is -0.493 e. The van der Waals surface area contributed by atoms with Crippen LogP contribution in [-0.2, 0) is 11.3 Å². The zero-order valence-corrected chi connectivity index (χ0v) is 14.5. The van der Waals surface area contributed by atoms with Crippen molar-refractivity contribution in [3.8, 4) is 17.2 Å². The molecular weight excluding hydrogens is 294 g/mol. The summed E-state index contributed by atoms with van der Waals surface area (Å²) in [6.07, 6.45) is 3.18. The first-order valence-corrected chi connectivity index (χ1v) is 7.64. The number of allylic oxidation sites excluding steroid dienone is 2. The lowest BCUT2D eigenvalue weighted by atomic mass is 9.79. The second-order valence-electron chi connectivity index (χ2n) is 6.54. The van der Waals surface area contributed by atoms with Crippen LogP contribution in [-0.4, -0.2) is 27.1 Å². The van der Waals surface area contributed by atoms with E-state index in [1.54, 1.807) is 27.4 Å². The van der Waals surface area contributed by atoms with E-state index in [9.17, 15) is 4.79 Å². The van der Waals surface area contributed by atoms with Crippen molar-refractivity contribution in [2.75, 3.05) is 21.3 Å². The molecule has 0 amide bonds. The Kier molecular flexibility index (Phi) is 5.19. The molecule has 1 aromatic rings. The van der Waals surface area contributed by atoms with Crippen molar-refractivity contribution in [3.05, 3.63) is 29.5 Å². The Morgan fingerprint density at radius 1 is 1.04 bits per heavy atom. The van der Waals surface area contributed by atoms with Gasteiger partial charge < -0.3 is 19.5 Å². The van der Waals surface area contributed by atoms with Crippen LogP contribution in [0.15, 0.2) is 23.9 Å². The topological polar surface area (TPSA) is 56.8 Å². The summed E-state index contributed by atoms with van der Waals surface area (Å²) < 4.78 is 16.0. The van der Waals surface area contributed by atoms with Gasteiger partial charge in [-0.05, 0) is 29.5 Å². The zero-order valence-electron chi connectivity index (χ0n) is 14.5. The van der Waals surface area contributed by atoms with Crippen LogP contribution in [0.4, 0.5) is 0 Å². The highest BCUT2D eigenvalue weighted by atomic mass is 16.5. The molecule has 0 fully saturated rings. The summed E-state index contributed by atoms with van der Waals surface area (Å²) in [5.41, 5.74) is 1.97. The van der Waals surface area contributed by atoms with Crippen molar-refractivity contribution in [1.29, 1.82) is 0 Å². The predicted molar refractivity (Wildman–Crippen MR) is 89.0 cm³/mol. The number of benzene rings is 1. The summed E-state index contributed by atoms with van der Waals surface area (Å²) in [7, 11) is 4.78. The molecule has 0 spiro atoms. The van der Waals surface area contributed by atoms with Crippen LogP contribution in [0.3, 0.4) is 0 Å². The Bertz CT molecular complexity index is 594. The summed E-state index contributed by atoms with van der Waals surface area (Å²) in [6.45, 7) is 4.81. The Morgan fingerprint density at radius 2 is 1.65 bits per heavy atom. The van der Waals surface area contributed by atoms with Gasteiger partial charge in [-0.3, -0.25) is 4.79 Å². The van der Waals surface area contributed by atoms with Crippen molar-refractivity contribution in [2.45, 2.75) is 33.2 Å². The number of rotatable bonds is 6. The maximum atomic E-state index is 11.8. The Morgan fingerprint density at radius 3 is 2.13 bits per heavy atom. The third-order valence-electron chi connectivity index (χ3n) is 3.90. The molecule has 1 aliphatic rings. The number of ether oxygens (including phenoxy) is 3. The molecule has 0 atom stereocenters. The second-order valence-corrected chi connectivity index (χ2v) is 6.54. The summed E-state index contributed by atoms with van der Waals surface area (Å²) in [5, 5.41) is 3.35. The van der Waals surface area contributed by atoms with Crippen LogP contribution in [0.1, 0.15) is 32.3 Å². The minimum absolute atomic E-state index is 0.00343. The highest BCUT2D eigenvalue weighted by molar-refractivity contribution is 5.91. The molecule has 1 aromatic carbocycles. The molecule has 5 heteroatoms. The predicted octanol–water partition coefficient (Wildman–Crippen LogP) is 3.08. The van der Waals surface area contributed by atoms with Gasteiger partial charge in [0.25, 0.3) is 0 Å². The van der Waals surface area contributed by atoms with Crippen molar-refractivity contribution < 1.29 is 19.0 Å². The van der Waals surface area contributed by atoms with E-state index in [1.807, 2.05) is 12.1 Å². The van der Waals surface area contributed by atoms with E-state index in [0.29, 0.717) is 30.2 Å². The van der Waals surface area contributed by atoms with E-state index in [-0.39, 0.29) is 11.2 Å². The van der Waals surface area contributed by atoms with Gasteiger partial charge in [0.15, 0.2) is 17.3 Å². The average molecular weight is 319 g/mol. The van der Waals surface area contributed by atoms with Gasteiger partial charge in [0.05, 0.1) is 21.3 Å². The Hall–Kier alpha value is -2.17. The fourth-order valence-corrected chi connectivity index (χ4v) is 2.91. The van der Waals surface area contributed by atoms with E-state index in [0.717, 1.165) is 17.7 Å². The highest BCUT2D eigenvalue weighted by Gasteiger charge is 2.27. The lowest BCUT2D eigenvalue weighted by Gasteiger charge is -2.29. The van der Waals surface area contributed by atoms with Gasteiger partial charge in [0.1, 0.15) is 0 Å². The largest absolute Gasteiger partial charge is 0.493 e. The first-order chi connectivity index (χ1) is 10.9. The minimum atomic E-state index is 0.00343. The van der Waals surface area contributed by atoms with Crippen LogP contribution < -0.4 is 19.5 Å². The van der Waals surface area contributed by atoms with Gasteiger partial charge in [0.2, 0.25) is 5.75 Å². The van der Waals surface area contributed by atoms with Crippen LogP contribution >= 0.6 is 0 Å². The first-order valence-electron chi connectivity index (χ1n) is 7.64. The third kappa shape index (κ3) is 4.18. The fraction of sp³-hybridized carbons (Fsp3) is 0.500. The molecule has 0 radical (unpaired) electrons. The number of methoxy groups -OCH3 is 3. The van der Waals surface area contributed by atoms with Gasteiger partial charge in [-0.2, -0.15) is 0 Å². The van der Waals surface area contributed by atoms with Gasteiger partial charge in [0, 0.05) is 24.7 Å². The molecule has 0 saturated carbocycles. The number of nitrogens with one attached hydrogen (secondary N) is 1. The quantitative estimate of drug-likeness (QED) is 0.873. The lowest BCUT2D eigenvalue weighted by Crippen LogP contribution is -2.27. The van der Waals surface area contributed by atoms with Gasteiger partial charge in [-0.15, -0.1) is 0 Å². The number of ketones is 1. The normalized spacial score (nSPS) is 16.6. The first kappa shape index (κ1) is 17.2. The molecular formula is C18H25NO4. The Labute approximate surface area is 137 Å². The lowest BCUT2D eigenvalue weighted by molar-refractivity contribution is -0.117. The van der Waals surface area contributed by atoms with E-state index >= 15 is 0 Å². The number of hydrogen-bond donors (Lipinski definition) is 1. The number of carbonyl (C=O) groups excluding carboxylic acids is 1. The van der Waals surface area contributed by atoms with Crippen molar-refractivity contribution >= 4 is 5.78 Å². The molecule has 126 valence electrons. The van der Waals surface area contributed by atoms with Gasteiger partial charge in [-0.25, -0.2) is 0 Å². The third-order valence-corrected chi connectivity index (χ3v) is 3.90. The number of hydrogen-bond acceptors (Lipinski definition) is 5. The molecule has 0 saturated heterocycles. The van der Waals surface area contributed by atoms with Crippen molar-refractivity contribution in [2.24, 2.45) is 5.41 Å². The van der Waals surface area contributed by atoms with Crippen molar-refractivity contribution in [3.63, 3.8) is 0 Å². The number of carbonyl (C=O) groups is 1. The molecule has 0 heterocycles. The standard InChI is InChI=1S/C18H25NO4/c1-18(2)9-13(8-14(20)10-18)19-11-12-6-15(21-3)17(23-5)16(7-12)22-4/h6-8,19H,9-11H2,1-5H3. The van der Waals surface area contributed by atoms with E-state index in [4.69, 9.17) is 14.2 Å². The van der Waals surface area contributed by atoms with Crippen LogP contribution in [0, 0.1) is 5.41 Å². The molecule has 2 rings (SSSR count). The smallest absolute Gasteiger partial charge is 0.203 e. The van der Waals surface area contributed by atoms with E-state index < -0.39 is 0 Å². The maximum absolute atomic E-state index is 11.8. The average Bonchev–Trinajstić information content (AvgIpc) is 2.49. The maximum Gasteiger partial charge on any atom is 0.203 e. The zero-order chi connectivity index (χ0) is 17.0. The molecule has 5 nitrogen and oxygen atoms in total.